The van der Waals surface area contributed by atoms with E-state index in [1.807, 2.05) is 12.1 Å². The van der Waals surface area contributed by atoms with Crippen LogP contribution in [0.3, 0.4) is 0 Å². The molecule has 0 atom stereocenters. The Hall–Kier alpha value is -3.53. The number of benzene rings is 2. The van der Waals surface area contributed by atoms with Crippen LogP contribution in [0.25, 0.3) is 22.0 Å². The van der Waals surface area contributed by atoms with Gasteiger partial charge in [-0.3, -0.25) is 0 Å². The first-order chi connectivity index (χ1) is 11.0. The van der Waals surface area contributed by atoms with Gasteiger partial charge in [0.05, 0.1) is 12.7 Å². The Labute approximate surface area is 131 Å². The molecule has 1 aromatic heterocycles. The minimum atomic E-state index is -0.0733. The van der Waals surface area contributed by atoms with Crippen molar-refractivity contribution in [2.45, 2.75) is 0 Å². The second-order valence-electron chi connectivity index (χ2n) is 4.85. The van der Waals surface area contributed by atoms with Gasteiger partial charge in [0, 0.05) is 0 Å². The van der Waals surface area contributed by atoms with Crippen LogP contribution in [0.15, 0.2) is 30.3 Å². The molecule has 3 rings (SSSR count). The molecule has 0 aliphatic rings. The number of anilines is 2. The third-order valence-electron chi connectivity index (χ3n) is 3.51. The fraction of sp³-hybridized carbons (Fsp3) is 0.0625. The molecular formula is C16H13N5O2. The number of nitrogens with zero attached hydrogens (tertiary/aromatic N) is 3. The molecular weight excluding hydrogens is 294 g/mol. The number of aromatic hydroxyl groups is 1. The quantitative estimate of drug-likeness (QED) is 0.660. The second-order valence-corrected chi connectivity index (χ2v) is 4.85. The van der Waals surface area contributed by atoms with Crippen LogP contribution in [0.4, 0.5) is 11.8 Å². The average Bonchev–Trinajstić information content (AvgIpc) is 2.53. The minimum Gasteiger partial charge on any atom is -0.507 e. The summed E-state index contributed by atoms with van der Waals surface area (Å²) >= 11 is 0. The zero-order valence-electron chi connectivity index (χ0n) is 12.2. The van der Waals surface area contributed by atoms with Crippen molar-refractivity contribution in [2.75, 3.05) is 18.6 Å². The molecule has 0 bridgehead atoms. The third-order valence-corrected chi connectivity index (χ3v) is 3.51. The van der Waals surface area contributed by atoms with Crippen molar-refractivity contribution in [1.29, 1.82) is 5.26 Å². The first-order valence-electron chi connectivity index (χ1n) is 6.68. The van der Waals surface area contributed by atoms with Crippen LogP contribution in [-0.4, -0.2) is 22.2 Å². The molecule has 0 fully saturated rings. The monoisotopic (exact) mass is 307 g/mol. The van der Waals surface area contributed by atoms with Gasteiger partial charge in [-0.2, -0.15) is 10.2 Å². The van der Waals surface area contributed by atoms with Crippen LogP contribution in [0.5, 0.6) is 11.5 Å². The number of phenols is 1. The maximum absolute atomic E-state index is 10.3. The molecule has 0 saturated heterocycles. The summed E-state index contributed by atoms with van der Waals surface area (Å²) < 4.78 is 5.23. The summed E-state index contributed by atoms with van der Waals surface area (Å²) in [5.74, 6) is 0.461. The van der Waals surface area contributed by atoms with Gasteiger partial charge in [-0.25, -0.2) is 4.98 Å². The van der Waals surface area contributed by atoms with Crippen molar-refractivity contribution in [3.63, 3.8) is 0 Å². The summed E-state index contributed by atoms with van der Waals surface area (Å²) in [5, 5.41) is 21.2. The summed E-state index contributed by atoms with van der Waals surface area (Å²) in [6, 6.07) is 10.6. The Kier molecular flexibility index (Phi) is 3.35. The molecule has 2 aromatic carbocycles. The number of fused-ring (bicyclic) bond motifs is 1. The van der Waals surface area contributed by atoms with Crippen molar-refractivity contribution in [1.82, 2.24) is 9.97 Å². The molecule has 0 saturated carbocycles. The maximum atomic E-state index is 10.3. The number of rotatable bonds is 2. The second kappa shape index (κ2) is 5.35. The smallest absolute Gasteiger partial charge is 0.222 e. The highest BCUT2D eigenvalue weighted by Gasteiger charge is 2.19. The first-order valence-corrected chi connectivity index (χ1v) is 6.68. The standard InChI is InChI=1S/C16H13N5O2/c1-23-9-4-2-8-3-5-12(22)13(10(8)6-9)14-11(7-17)15(18)21-16(19)20-14/h2-6,22H,1H3,(H4,18,19,20,21). The summed E-state index contributed by atoms with van der Waals surface area (Å²) in [6.07, 6.45) is 0. The molecule has 5 N–H and O–H groups in total. The first kappa shape index (κ1) is 14.4. The maximum Gasteiger partial charge on any atom is 0.222 e. The van der Waals surface area contributed by atoms with E-state index in [-0.39, 0.29) is 28.8 Å². The van der Waals surface area contributed by atoms with E-state index < -0.39 is 0 Å². The lowest BCUT2D eigenvalue weighted by molar-refractivity contribution is 0.415. The van der Waals surface area contributed by atoms with Crippen molar-refractivity contribution < 1.29 is 9.84 Å². The van der Waals surface area contributed by atoms with E-state index in [2.05, 4.69) is 9.97 Å². The molecule has 0 unspecified atom stereocenters. The van der Waals surface area contributed by atoms with Gasteiger partial charge in [0.15, 0.2) is 0 Å². The Morgan fingerprint density at radius 3 is 2.61 bits per heavy atom. The van der Waals surface area contributed by atoms with E-state index >= 15 is 0 Å². The summed E-state index contributed by atoms with van der Waals surface area (Å²) in [7, 11) is 1.55. The number of nitrogens with two attached hydrogens (primary N) is 2. The Morgan fingerprint density at radius 2 is 1.91 bits per heavy atom. The molecule has 0 radical (unpaired) electrons. The van der Waals surface area contributed by atoms with Crippen LogP contribution in [0, 0.1) is 11.3 Å². The van der Waals surface area contributed by atoms with Gasteiger partial charge in [0.25, 0.3) is 0 Å². The molecule has 7 nitrogen and oxygen atoms in total. The van der Waals surface area contributed by atoms with Gasteiger partial charge in [-0.15, -0.1) is 0 Å². The van der Waals surface area contributed by atoms with Gasteiger partial charge in [-0.1, -0.05) is 12.1 Å². The summed E-state index contributed by atoms with van der Waals surface area (Å²) in [5.41, 5.74) is 12.0. The molecule has 114 valence electrons. The largest absolute Gasteiger partial charge is 0.507 e. The highest BCUT2D eigenvalue weighted by atomic mass is 16.5. The Morgan fingerprint density at radius 1 is 1.17 bits per heavy atom. The number of aromatic nitrogens is 2. The van der Waals surface area contributed by atoms with E-state index in [1.165, 1.54) is 6.07 Å². The van der Waals surface area contributed by atoms with Crippen LogP contribution in [-0.2, 0) is 0 Å². The molecule has 1 heterocycles. The lowest BCUT2D eigenvalue weighted by atomic mass is 9.98. The SMILES string of the molecule is COc1ccc2ccc(O)c(-c3nc(N)nc(N)c3C#N)c2c1. The molecule has 0 aliphatic carbocycles. The van der Waals surface area contributed by atoms with E-state index in [0.29, 0.717) is 16.7 Å². The zero-order valence-corrected chi connectivity index (χ0v) is 12.2. The fourth-order valence-electron chi connectivity index (χ4n) is 2.45. The van der Waals surface area contributed by atoms with Gasteiger partial charge < -0.3 is 21.3 Å². The number of nitrogen functional groups attached to an aromatic ring is 2. The Balaban J connectivity index is 2.45. The lowest BCUT2D eigenvalue weighted by Gasteiger charge is -2.12. The number of hydrogen-bond acceptors (Lipinski definition) is 7. The molecule has 7 heteroatoms. The molecule has 23 heavy (non-hydrogen) atoms. The molecule has 3 aromatic rings. The summed E-state index contributed by atoms with van der Waals surface area (Å²) in [6.45, 7) is 0. The predicted octanol–water partition coefficient (Wildman–Crippen LogP) is 2.05. The summed E-state index contributed by atoms with van der Waals surface area (Å²) in [4.78, 5) is 7.89. The highest BCUT2D eigenvalue weighted by molar-refractivity contribution is 6.01. The lowest BCUT2D eigenvalue weighted by Crippen LogP contribution is -2.05. The predicted molar refractivity (Wildman–Crippen MR) is 86.7 cm³/mol. The van der Waals surface area contributed by atoms with Crippen LogP contribution in [0.1, 0.15) is 5.56 Å². The number of phenolic OH excluding ortho intramolecular Hbond substituents is 1. The van der Waals surface area contributed by atoms with Crippen LogP contribution in [0.2, 0.25) is 0 Å². The van der Waals surface area contributed by atoms with E-state index in [1.54, 1.807) is 25.3 Å². The van der Waals surface area contributed by atoms with Crippen molar-refractivity contribution in [3.8, 4) is 28.8 Å². The van der Waals surface area contributed by atoms with Crippen molar-refractivity contribution >= 4 is 22.5 Å². The van der Waals surface area contributed by atoms with E-state index in [4.69, 9.17) is 16.2 Å². The van der Waals surface area contributed by atoms with Crippen LogP contribution < -0.4 is 16.2 Å². The van der Waals surface area contributed by atoms with Gasteiger partial charge in [0.1, 0.15) is 34.6 Å². The van der Waals surface area contributed by atoms with E-state index in [0.717, 1.165) is 5.39 Å². The molecule has 0 aliphatic heterocycles. The minimum absolute atomic E-state index is 0.0331. The zero-order chi connectivity index (χ0) is 16.6. The number of nitriles is 1. The molecule has 0 spiro atoms. The number of hydrogen-bond donors (Lipinski definition) is 3. The number of methoxy groups -OCH3 is 1. The Bertz CT molecular complexity index is 963. The van der Waals surface area contributed by atoms with Gasteiger partial charge in [-0.05, 0) is 29.0 Å². The van der Waals surface area contributed by atoms with E-state index in [9.17, 15) is 10.4 Å². The van der Waals surface area contributed by atoms with Gasteiger partial charge in [0.2, 0.25) is 5.95 Å². The molecule has 0 amide bonds. The van der Waals surface area contributed by atoms with Crippen molar-refractivity contribution in [2.24, 2.45) is 0 Å². The fourth-order valence-corrected chi connectivity index (χ4v) is 2.45. The topological polar surface area (TPSA) is 131 Å². The van der Waals surface area contributed by atoms with Crippen LogP contribution >= 0.6 is 0 Å². The number of ether oxygens (including phenoxy) is 1. The van der Waals surface area contributed by atoms with Gasteiger partial charge >= 0.3 is 0 Å². The van der Waals surface area contributed by atoms with Crippen molar-refractivity contribution in [3.05, 3.63) is 35.9 Å². The highest BCUT2D eigenvalue weighted by Crippen LogP contribution is 2.39. The normalized spacial score (nSPS) is 10.4. The third kappa shape index (κ3) is 2.32. The average molecular weight is 307 g/mol.